The maximum absolute atomic E-state index is 13.0. The smallest absolute Gasteiger partial charge is 0.303 e. The predicted octanol–water partition coefficient (Wildman–Crippen LogP) is 4.99. The Bertz CT molecular complexity index is 927. The largest absolute Gasteiger partial charge is 0.481 e. The highest BCUT2D eigenvalue weighted by molar-refractivity contribution is 7.19. The number of carboxylic acids is 1. The fourth-order valence-electron chi connectivity index (χ4n) is 4.72. The number of benzene rings is 1. The number of carbonyl (C=O) groups excluding carboxylic acids is 1. The van der Waals surface area contributed by atoms with Crippen molar-refractivity contribution in [2.45, 2.75) is 71.0 Å². The van der Waals surface area contributed by atoms with Gasteiger partial charge in [-0.2, -0.15) is 0 Å². The van der Waals surface area contributed by atoms with Gasteiger partial charge < -0.3 is 15.3 Å². The molecule has 0 aliphatic heterocycles. The maximum atomic E-state index is 13.0. The average Bonchev–Trinajstić information content (AvgIpc) is 3.21. The number of hydrogen-bond donors (Lipinski definition) is 3. The van der Waals surface area contributed by atoms with Gasteiger partial charge in [-0.3, -0.25) is 9.59 Å². The van der Waals surface area contributed by atoms with Gasteiger partial charge in [0.05, 0.1) is 17.6 Å². The molecule has 1 aliphatic rings. The van der Waals surface area contributed by atoms with E-state index < -0.39 is 23.6 Å². The van der Waals surface area contributed by atoms with Crippen molar-refractivity contribution in [3.8, 4) is 0 Å². The molecule has 1 fully saturated rings. The van der Waals surface area contributed by atoms with Crippen LogP contribution in [0.3, 0.4) is 0 Å². The Morgan fingerprint density at radius 3 is 2.62 bits per heavy atom. The van der Waals surface area contributed by atoms with Crippen LogP contribution in [0.2, 0.25) is 0 Å². The van der Waals surface area contributed by atoms with Gasteiger partial charge >= 0.3 is 5.97 Å². The second-order valence-corrected chi connectivity index (χ2v) is 10.6. The minimum Gasteiger partial charge on any atom is -0.481 e. The van der Waals surface area contributed by atoms with Gasteiger partial charge in [0.2, 0.25) is 0 Å². The van der Waals surface area contributed by atoms with E-state index in [1.165, 1.54) is 10.1 Å². The number of rotatable bonds is 11. The van der Waals surface area contributed by atoms with Crippen molar-refractivity contribution in [1.82, 2.24) is 0 Å². The van der Waals surface area contributed by atoms with Crippen LogP contribution in [0.15, 0.2) is 42.5 Å². The highest BCUT2D eigenvalue weighted by atomic mass is 32.1. The summed E-state index contributed by atoms with van der Waals surface area (Å²) < 4.78 is 1.20. The topological polar surface area (TPSA) is 94.8 Å². The third-order valence-corrected chi connectivity index (χ3v) is 7.78. The van der Waals surface area contributed by atoms with Crippen molar-refractivity contribution in [3.63, 3.8) is 0 Å². The molecule has 6 heteroatoms. The summed E-state index contributed by atoms with van der Waals surface area (Å²) in [4.78, 5) is 24.7. The third kappa shape index (κ3) is 5.85. The summed E-state index contributed by atoms with van der Waals surface area (Å²) in [7, 11) is 0. The number of fused-ring (bicyclic) bond motifs is 1. The van der Waals surface area contributed by atoms with E-state index in [0.717, 1.165) is 24.1 Å². The van der Waals surface area contributed by atoms with Gasteiger partial charge in [0.1, 0.15) is 5.78 Å². The Hall–Kier alpha value is -2.02. The summed E-state index contributed by atoms with van der Waals surface area (Å²) in [5, 5.41) is 31.3. The molecular formula is C26H34O5S. The van der Waals surface area contributed by atoms with Crippen LogP contribution in [0.4, 0.5) is 0 Å². The van der Waals surface area contributed by atoms with Crippen molar-refractivity contribution in [2.24, 2.45) is 17.3 Å². The Morgan fingerprint density at radius 2 is 1.91 bits per heavy atom. The number of carbonyl (C=O) groups is 2. The molecule has 174 valence electrons. The van der Waals surface area contributed by atoms with Crippen LogP contribution in [0, 0.1) is 17.3 Å². The van der Waals surface area contributed by atoms with Crippen LogP contribution in [-0.2, 0) is 16.0 Å². The summed E-state index contributed by atoms with van der Waals surface area (Å²) in [6.45, 7) is 3.59. The summed E-state index contributed by atoms with van der Waals surface area (Å²) in [5.41, 5.74) is -0.806. The van der Waals surface area contributed by atoms with Crippen molar-refractivity contribution < 1.29 is 24.9 Å². The van der Waals surface area contributed by atoms with Gasteiger partial charge in [0.15, 0.2) is 0 Å². The van der Waals surface area contributed by atoms with Gasteiger partial charge in [-0.25, -0.2) is 0 Å². The van der Waals surface area contributed by atoms with Gasteiger partial charge in [-0.1, -0.05) is 63.5 Å². The van der Waals surface area contributed by atoms with E-state index >= 15 is 0 Å². The van der Waals surface area contributed by atoms with E-state index in [9.17, 15) is 19.8 Å². The van der Waals surface area contributed by atoms with E-state index in [0.29, 0.717) is 19.3 Å². The molecule has 1 heterocycles. The minimum absolute atomic E-state index is 0.0733. The average molecular weight is 459 g/mol. The number of Topliss-reactive ketones (excluding diaryl/α,β-unsaturated/α-hetero) is 1. The molecule has 0 radical (unpaired) electrons. The molecule has 4 atom stereocenters. The van der Waals surface area contributed by atoms with Crippen molar-refractivity contribution >= 4 is 33.2 Å². The number of aliphatic hydroxyl groups is 2. The zero-order valence-electron chi connectivity index (χ0n) is 18.9. The number of ketones is 1. The molecule has 0 spiro atoms. The first-order valence-corrected chi connectivity index (χ1v) is 12.3. The van der Waals surface area contributed by atoms with E-state index in [1.54, 1.807) is 31.3 Å². The molecule has 1 aromatic carbocycles. The summed E-state index contributed by atoms with van der Waals surface area (Å²) in [5.74, 6) is -1.29. The SMILES string of the molecule is CC1(C)C(=O)[C@H](CCCCCCC(=O)O)[C@@H](/C=C/C(O)Cc2cc3ccccc3s2)[C@@H]1O. The Labute approximate surface area is 193 Å². The van der Waals surface area contributed by atoms with Gasteiger partial charge in [0, 0.05) is 34.3 Å². The predicted molar refractivity (Wildman–Crippen MR) is 128 cm³/mol. The standard InChI is InChI=1S/C26H34O5S/c1-26(2)24(30)20(10-5-3-4-6-12-23(28)29)21(25(26)31)14-13-18(27)16-19-15-17-9-7-8-11-22(17)32-19/h7-9,11,13-15,18,20-21,25,27,31H,3-6,10,12,16H2,1-2H3,(H,28,29)/b14-13+/t18?,20-,21-,25+/m1/s1. The van der Waals surface area contributed by atoms with Crippen molar-refractivity contribution in [1.29, 1.82) is 0 Å². The van der Waals surface area contributed by atoms with Crippen molar-refractivity contribution in [2.75, 3.05) is 0 Å². The lowest BCUT2D eigenvalue weighted by atomic mass is 9.86. The monoisotopic (exact) mass is 458 g/mol. The number of hydrogen-bond acceptors (Lipinski definition) is 5. The van der Waals surface area contributed by atoms with Gasteiger partial charge in [0.25, 0.3) is 0 Å². The number of carboxylic acid groups (broad SMARTS) is 1. The fraction of sp³-hybridized carbons (Fsp3) is 0.538. The molecule has 0 saturated heterocycles. The summed E-state index contributed by atoms with van der Waals surface area (Å²) in [6.07, 6.45) is 6.65. The van der Waals surface area contributed by atoms with Crippen molar-refractivity contribution in [3.05, 3.63) is 47.4 Å². The lowest BCUT2D eigenvalue weighted by molar-refractivity contribution is -0.137. The summed E-state index contributed by atoms with van der Waals surface area (Å²) in [6, 6.07) is 10.2. The minimum atomic E-state index is -0.806. The van der Waals surface area contributed by atoms with Gasteiger partial charge in [-0.15, -0.1) is 11.3 Å². The molecular weight excluding hydrogens is 424 g/mol. The molecule has 1 saturated carbocycles. The van der Waals surface area contributed by atoms with Gasteiger partial charge in [-0.05, 0) is 30.4 Å². The molecule has 1 unspecified atom stereocenters. The van der Waals surface area contributed by atoms with Crippen LogP contribution in [0.25, 0.3) is 10.1 Å². The molecule has 0 bridgehead atoms. The molecule has 0 amide bonds. The van der Waals surface area contributed by atoms with Crippen LogP contribution in [-0.4, -0.2) is 39.3 Å². The van der Waals surface area contributed by atoms with E-state index in [-0.39, 0.29) is 24.0 Å². The van der Waals surface area contributed by atoms with Crippen LogP contribution < -0.4 is 0 Å². The Morgan fingerprint density at radius 1 is 1.19 bits per heavy atom. The first kappa shape index (κ1) is 24.6. The molecule has 5 nitrogen and oxygen atoms in total. The quantitative estimate of drug-likeness (QED) is 0.326. The Kier molecular flexibility index (Phi) is 8.26. The number of unbranched alkanes of at least 4 members (excludes halogenated alkanes) is 3. The molecule has 32 heavy (non-hydrogen) atoms. The molecule has 2 aromatic rings. The van der Waals surface area contributed by atoms with Crippen LogP contribution in [0.1, 0.15) is 57.2 Å². The zero-order chi connectivity index (χ0) is 23.3. The molecule has 3 N–H and O–H groups in total. The number of aliphatic hydroxyl groups excluding tert-OH is 2. The highest BCUT2D eigenvalue weighted by Crippen LogP contribution is 2.45. The van der Waals surface area contributed by atoms with E-state index in [1.807, 2.05) is 18.2 Å². The normalized spacial score (nSPS) is 23.9. The van der Waals surface area contributed by atoms with E-state index in [4.69, 9.17) is 5.11 Å². The molecule has 3 rings (SSSR count). The molecule has 1 aliphatic carbocycles. The third-order valence-electron chi connectivity index (χ3n) is 6.64. The van der Waals surface area contributed by atoms with E-state index in [2.05, 4.69) is 18.2 Å². The Balaban J connectivity index is 1.59. The maximum Gasteiger partial charge on any atom is 0.303 e. The second-order valence-electron chi connectivity index (χ2n) is 9.47. The number of thiophene rings is 1. The zero-order valence-corrected chi connectivity index (χ0v) is 19.7. The first-order valence-electron chi connectivity index (χ1n) is 11.5. The second kappa shape index (κ2) is 10.7. The van der Waals surface area contributed by atoms with Crippen LogP contribution in [0.5, 0.6) is 0 Å². The number of aliphatic carboxylic acids is 1. The fourth-order valence-corrected chi connectivity index (χ4v) is 5.84. The lowest BCUT2D eigenvalue weighted by Crippen LogP contribution is -2.31. The van der Waals surface area contributed by atoms with Crippen LogP contribution >= 0.6 is 11.3 Å². The molecule has 1 aromatic heterocycles. The highest BCUT2D eigenvalue weighted by Gasteiger charge is 2.52. The lowest BCUT2D eigenvalue weighted by Gasteiger charge is -2.22. The first-order chi connectivity index (χ1) is 15.2. The summed E-state index contributed by atoms with van der Waals surface area (Å²) >= 11 is 1.67.